The summed E-state index contributed by atoms with van der Waals surface area (Å²) in [7, 11) is 0. The van der Waals surface area contributed by atoms with Gasteiger partial charge in [0, 0.05) is 12.3 Å². The molecule has 1 saturated heterocycles. The maximum atomic E-state index is 14.1. The Balaban J connectivity index is 1.37. The molecule has 2 N–H and O–H groups in total. The molecule has 2 amide bonds. The number of fused-ring (bicyclic) bond motifs is 3. The minimum absolute atomic E-state index is 0.0761. The number of nitrogens with one attached hydrogen (secondary N) is 1. The second kappa shape index (κ2) is 12.0. The van der Waals surface area contributed by atoms with Crippen molar-refractivity contribution in [1.82, 2.24) is 10.2 Å². The Morgan fingerprint density at radius 2 is 1.52 bits per heavy atom. The Morgan fingerprint density at radius 1 is 0.955 bits per heavy atom. The van der Waals surface area contributed by atoms with Crippen molar-refractivity contribution in [2.24, 2.45) is 0 Å². The van der Waals surface area contributed by atoms with Crippen LogP contribution in [0.15, 0.2) is 72.8 Å². The van der Waals surface area contributed by atoms with Gasteiger partial charge in [-0.1, -0.05) is 60.7 Å². The van der Waals surface area contributed by atoms with Gasteiger partial charge in [0.2, 0.25) is 5.91 Å². The third kappa shape index (κ3) is 6.43. The van der Waals surface area contributed by atoms with E-state index >= 15 is 0 Å². The van der Waals surface area contributed by atoms with Crippen LogP contribution in [0.5, 0.6) is 5.75 Å². The Labute approximate surface area is 258 Å². The van der Waals surface area contributed by atoms with Crippen LogP contribution in [-0.4, -0.2) is 64.1 Å². The number of rotatable bonds is 8. The van der Waals surface area contributed by atoms with Crippen LogP contribution in [0.2, 0.25) is 0 Å². The maximum absolute atomic E-state index is 14.1. The molecule has 9 nitrogen and oxygen atoms in total. The van der Waals surface area contributed by atoms with E-state index in [1.165, 1.54) is 4.90 Å². The lowest BCUT2D eigenvalue weighted by molar-refractivity contribution is -0.156. The monoisotopic (exact) mass is 600 g/mol. The fourth-order valence-corrected chi connectivity index (χ4v) is 6.27. The van der Waals surface area contributed by atoms with Gasteiger partial charge in [0.25, 0.3) is 0 Å². The molecule has 1 aliphatic heterocycles. The molecule has 3 atom stereocenters. The van der Waals surface area contributed by atoms with Gasteiger partial charge in [0.1, 0.15) is 29.7 Å². The number of nitrogens with zero attached hydrogens (tertiary/aromatic N) is 1. The van der Waals surface area contributed by atoms with Crippen molar-refractivity contribution in [1.29, 1.82) is 0 Å². The number of aliphatic carboxylic acids is 1. The highest BCUT2D eigenvalue weighted by Gasteiger charge is 2.53. The number of hydrogen-bond acceptors (Lipinski definition) is 6. The predicted molar refractivity (Wildman–Crippen MR) is 165 cm³/mol. The van der Waals surface area contributed by atoms with Gasteiger partial charge >= 0.3 is 12.1 Å². The van der Waals surface area contributed by atoms with Crippen LogP contribution in [0.4, 0.5) is 4.79 Å². The number of hydrogen-bond donors (Lipinski definition) is 2. The van der Waals surface area contributed by atoms with Crippen molar-refractivity contribution in [2.75, 3.05) is 6.61 Å². The fourth-order valence-electron chi connectivity index (χ4n) is 6.27. The van der Waals surface area contributed by atoms with E-state index in [1.54, 1.807) is 32.9 Å². The highest BCUT2D eigenvalue weighted by atomic mass is 16.6. The average molecular weight is 601 g/mol. The van der Waals surface area contributed by atoms with Gasteiger partial charge in [-0.05, 0) is 81.5 Å². The molecule has 0 aromatic heterocycles. The molecular weight excluding hydrogens is 560 g/mol. The van der Waals surface area contributed by atoms with Crippen LogP contribution in [-0.2, 0) is 25.5 Å². The summed E-state index contributed by atoms with van der Waals surface area (Å²) in [5.74, 6) is -1.24. The Morgan fingerprint density at radius 3 is 2.07 bits per heavy atom. The minimum Gasteiger partial charge on any atom is -0.488 e. The van der Waals surface area contributed by atoms with E-state index in [0.717, 1.165) is 27.8 Å². The first-order valence-electron chi connectivity index (χ1n) is 14.9. The summed E-state index contributed by atoms with van der Waals surface area (Å²) in [6.45, 7) is 10.8. The topological polar surface area (TPSA) is 114 Å². The predicted octanol–water partition coefficient (Wildman–Crippen LogP) is 5.75. The fraction of sp³-hybridized carbons (Fsp3) is 0.400. The van der Waals surface area contributed by atoms with Crippen molar-refractivity contribution in [2.45, 2.75) is 83.4 Å². The van der Waals surface area contributed by atoms with E-state index in [0.29, 0.717) is 5.75 Å². The highest BCUT2D eigenvalue weighted by Crippen LogP contribution is 2.44. The van der Waals surface area contributed by atoms with Gasteiger partial charge in [0.15, 0.2) is 6.04 Å². The zero-order valence-electron chi connectivity index (χ0n) is 26.0. The van der Waals surface area contributed by atoms with Gasteiger partial charge in [-0.2, -0.15) is 0 Å². The number of alkyl carbamates (subject to hydrolysis) is 1. The van der Waals surface area contributed by atoms with Crippen molar-refractivity contribution >= 4 is 18.0 Å². The van der Waals surface area contributed by atoms with Gasteiger partial charge in [-0.15, -0.1) is 0 Å². The summed E-state index contributed by atoms with van der Waals surface area (Å²) in [6.07, 6.45) is -1.40. The third-order valence-corrected chi connectivity index (χ3v) is 7.99. The summed E-state index contributed by atoms with van der Waals surface area (Å²) >= 11 is 0. The van der Waals surface area contributed by atoms with E-state index in [2.05, 4.69) is 17.4 Å². The number of ether oxygens (including phenoxy) is 3. The Kier molecular flexibility index (Phi) is 8.44. The summed E-state index contributed by atoms with van der Waals surface area (Å²) in [5.41, 5.74) is 3.52. The quantitative estimate of drug-likeness (QED) is 0.338. The van der Waals surface area contributed by atoms with Crippen molar-refractivity contribution < 1.29 is 33.7 Å². The van der Waals surface area contributed by atoms with E-state index < -0.39 is 41.9 Å². The third-order valence-electron chi connectivity index (χ3n) is 7.99. The molecule has 0 saturated carbocycles. The normalized spacial score (nSPS) is 19.5. The number of carbonyl (C=O) groups excluding carboxylic acids is 2. The molecule has 0 bridgehead atoms. The maximum Gasteiger partial charge on any atom is 0.407 e. The first kappa shape index (κ1) is 31.1. The highest BCUT2D eigenvalue weighted by molar-refractivity contribution is 5.91. The van der Waals surface area contributed by atoms with Crippen molar-refractivity contribution in [3.05, 3.63) is 89.5 Å². The summed E-state index contributed by atoms with van der Waals surface area (Å²) in [4.78, 5) is 40.8. The van der Waals surface area contributed by atoms with Gasteiger partial charge in [-0.25, -0.2) is 9.59 Å². The summed E-state index contributed by atoms with van der Waals surface area (Å²) in [5, 5.41) is 12.7. The number of amides is 2. The standard InChI is InChI=1S/C35H40N2O7/c1-21-30(32(39)40)37(35(5,6)43-21)31(38)29(19-22-15-17-23(18-16-22)44-34(2,3)4)36-33(41)42-20-28-26-13-9-7-11-24(26)25-12-8-10-14-27(25)28/h7-18,21,28-30H,19-20H2,1-6H3,(H,36,41)(H,39,40)/t21-,29+,30+/m0/s1. The SMILES string of the molecule is C[C@@H]1OC(C)(C)N(C(=O)[C@@H](Cc2ccc(OC(C)(C)C)cc2)NC(=O)OCC2c3ccccc3-c3ccccc32)[C@H]1C(=O)O. The smallest absolute Gasteiger partial charge is 0.407 e. The molecule has 9 heteroatoms. The largest absolute Gasteiger partial charge is 0.488 e. The minimum atomic E-state index is -1.22. The molecule has 0 spiro atoms. The Hall–Kier alpha value is -4.37. The Bertz CT molecular complexity index is 1500. The molecule has 5 rings (SSSR count). The molecule has 3 aromatic carbocycles. The first-order valence-corrected chi connectivity index (χ1v) is 14.9. The molecule has 0 radical (unpaired) electrons. The van der Waals surface area contributed by atoms with E-state index in [1.807, 2.05) is 69.3 Å². The molecule has 3 aromatic rings. The first-order chi connectivity index (χ1) is 20.7. The number of benzene rings is 3. The molecule has 2 aliphatic rings. The lowest BCUT2D eigenvalue weighted by Crippen LogP contribution is -2.58. The lowest BCUT2D eigenvalue weighted by atomic mass is 9.98. The van der Waals surface area contributed by atoms with E-state index in [4.69, 9.17) is 14.2 Å². The van der Waals surface area contributed by atoms with E-state index in [-0.39, 0.29) is 24.5 Å². The van der Waals surface area contributed by atoms with Gasteiger partial charge in [0.05, 0.1) is 6.10 Å². The second-order valence-electron chi connectivity index (χ2n) is 12.8. The van der Waals surface area contributed by atoms with Crippen LogP contribution in [0.3, 0.4) is 0 Å². The molecular formula is C35H40N2O7. The molecule has 1 heterocycles. The molecule has 1 aliphatic carbocycles. The molecule has 232 valence electrons. The van der Waals surface area contributed by atoms with Gasteiger partial charge < -0.3 is 24.6 Å². The average Bonchev–Trinajstić information content (AvgIpc) is 3.40. The number of carboxylic acid groups (broad SMARTS) is 1. The number of carboxylic acids is 1. The van der Waals surface area contributed by atoms with Gasteiger partial charge in [-0.3, -0.25) is 9.69 Å². The molecule has 1 fully saturated rings. The zero-order chi connectivity index (χ0) is 31.8. The van der Waals surface area contributed by atoms with E-state index in [9.17, 15) is 19.5 Å². The second-order valence-corrected chi connectivity index (χ2v) is 12.8. The lowest BCUT2D eigenvalue weighted by Gasteiger charge is -2.35. The summed E-state index contributed by atoms with van der Waals surface area (Å²) < 4.78 is 17.5. The summed E-state index contributed by atoms with van der Waals surface area (Å²) in [6, 6.07) is 21.0. The molecule has 44 heavy (non-hydrogen) atoms. The molecule has 0 unspecified atom stereocenters. The van der Waals surface area contributed by atoms with Crippen LogP contribution < -0.4 is 10.1 Å². The van der Waals surface area contributed by atoms with Crippen molar-refractivity contribution in [3.63, 3.8) is 0 Å². The number of carbonyl (C=O) groups is 3. The zero-order valence-corrected chi connectivity index (χ0v) is 26.0. The van der Waals surface area contributed by atoms with Crippen molar-refractivity contribution in [3.8, 4) is 16.9 Å². The van der Waals surface area contributed by atoms with Crippen LogP contribution in [0.1, 0.15) is 64.2 Å². The van der Waals surface area contributed by atoms with Crippen LogP contribution in [0.25, 0.3) is 11.1 Å². The van der Waals surface area contributed by atoms with Crippen LogP contribution in [0, 0.1) is 0 Å². The van der Waals surface area contributed by atoms with Crippen LogP contribution >= 0.6 is 0 Å².